The number of rotatable bonds is 4. The summed E-state index contributed by atoms with van der Waals surface area (Å²) >= 11 is 0. The Bertz CT molecular complexity index is 1130. The van der Waals surface area contributed by atoms with Crippen LogP contribution in [0.25, 0.3) is 17.1 Å². The van der Waals surface area contributed by atoms with Crippen LogP contribution in [0.1, 0.15) is 10.5 Å². The summed E-state index contributed by atoms with van der Waals surface area (Å²) < 4.78 is 7.06. The summed E-state index contributed by atoms with van der Waals surface area (Å²) in [5.41, 5.74) is 1.22. The molecule has 0 radical (unpaired) electrons. The Morgan fingerprint density at radius 1 is 0.933 bits per heavy atom. The van der Waals surface area contributed by atoms with Crippen LogP contribution in [0.2, 0.25) is 0 Å². The van der Waals surface area contributed by atoms with Gasteiger partial charge in [-0.05, 0) is 6.07 Å². The van der Waals surface area contributed by atoms with Gasteiger partial charge in [-0.2, -0.15) is 5.10 Å². The first-order valence-corrected chi connectivity index (χ1v) is 9.66. The number of carbonyl (C=O) groups excluding carboxylic acids is 1. The van der Waals surface area contributed by atoms with E-state index in [1.54, 1.807) is 21.8 Å². The van der Waals surface area contributed by atoms with Crippen LogP contribution in [0, 0.1) is 0 Å². The maximum Gasteiger partial charge on any atom is 0.276 e. The van der Waals surface area contributed by atoms with E-state index in [2.05, 4.69) is 25.1 Å². The molecule has 1 aliphatic rings. The average Bonchev–Trinajstić information content (AvgIpc) is 3.52. The third kappa shape index (κ3) is 3.52. The van der Waals surface area contributed by atoms with E-state index in [-0.39, 0.29) is 5.91 Å². The van der Waals surface area contributed by atoms with Gasteiger partial charge in [0.15, 0.2) is 17.3 Å². The summed E-state index contributed by atoms with van der Waals surface area (Å²) in [5, 5.41) is 8.18. The van der Waals surface area contributed by atoms with Crippen molar-refractivity contribution in [2.45, 2.75) is 0 Å². The molecule has 1 saturated heterocycles. The lowest BCUT2D eigenvalue weighted by atomic mass is 10.1. The summed E-state index contributed by atoms with van der Waals surface area (Å²) in [4.78, 5) is 25.4. The Kier molecular flexibility index (Phi) is 4.68. The minimum Gasteiger partial charge on any atom is -0.355 e. The zero-order chi connectivity index (χ0) is 20.3. The topological polar surface area (TPSA) is 93.2 Å². The van der Waals surface area contributed by atoms with E-state index in [9.17, 15) is 4.79 Å². The monoisotopic (exact) mass is 401 g/mol. The van der Waals surface area contributed by atoms with Gasteiger partial charge in [0.25, 0.3) is 5.91 Å². The predicted octanol–water partition coefficient (Wildman–Crippen LogP) is 2.28. The summed E-state index contributed by atoms with van der Waals surface area (Å²) in [6.45, 7) is 2.50. The number of benzene rings is 1. The van der Waals surface area contributed by atoms with Gasteiger partial charge in [0.05, 0.1) is 0 Å². The fourth-order valence-corrected chi connectivity index (χ4v) is 3.45. The first-order valence-electron chi connectivity index (χ1n) is 9.66. The number of hydrogen-bond acceptors (Lipinski definition) is 7. The number of aromatic nitrogens is 5. The van der Waals surface area contributed by atoms with Crippen molar-refractivity contribution in [2.24, 2.45) is 0 Å². The highest BCUT2D eigenvalue weighted by Crippen LogP contribution is 2.21. The molecule has 0 saturated carbocycles. The van der Waals surface area contributed by atoms with Crippen LogP contribution in [-0.2, 0) is 0 Å². The molecule has 1 fully saturated rings. The fraction of sp³-hybridized carbons (Fsp3) is 0.190. The summed E-state index contributed by atoms with van der Waals surface area (Å²) in [7, 11) is 0. The molecule has 30 heavy (non-hydrogen) atoms. The molecule has 0 unspecified atom stereocenters. The first-order chi connectivity index (χ1) is 14.8. The molecule has 5 rings (SSSR count). The molecule has 0 bridgehead atoms. The Labute approximate surface area is 172 Å². The summed E-state index contributed by atoms with van der Waals surface area (Å²) in [6, 6.07) is 15.1. The van der Waals surface area contributed by atoms with Crippen molar-refractivity contribution < 1.29 is 9.32 Å². The fourth-order valence-electron chi connectivity index (χ4n) is 3.45. The largest absolute Gasteiger partial charge is 0.355 e. The Morgan fingerprint density at radius 2 is 1.73 bits per heavy atom. The second kappa shape index (κ2) is 7.78. The van der Waals surface area contributed by atoms with Crippen LogP contribution in [0.15, 0.2) is 71.8 Å². The molecule has 0 spiro atoms. The minimum absolute atomic E-state index is 0.125. The molecule has 1 amide bonds. The molecule has 3 aromatic heterocycles. The van der Waals surface area contributed by atoms with Gasteiger partial charge in [-0.3, -0.25) is 4.79 Å². The van der Waals surface area contributed by atoms with E-state index in [0.29, 0.717) is 43.5 Å². The van der Waals surface area contributed by atoms with Gasteiger partial charge in [-0.1, -0.05) is 35.5 Å². The smallest absolute Gasteiger partial charge is 0.276 e. The first kappa shape index (κ1) is 18.0. The minimum atomic E-state index is -0.125. The standard InChI is InChI=1S/C21H19N7O2/c29-21(17-13-18(30-25-17)16-5-2-1-3-6-16)27-11-9-26(10-12-27)19-14-20(23-15-22-19)28-8-4-7-24-28/h1-8,13-15H,9-12H2. The molecular formula is C21H19N7O2. The molecule has 4 heterocycles. The van der Waals surface area contributed by atoms with Crippen LogP contribution in [0.4, 0.5) is 5.82 Å². The second-order valence-corrected chi connectivity index (χ2v) is 6.91. The molecule has 0 atom stereocenters. The summed E-state index contributed by atoms with van der Waals surface area (Å²) in [5.74, 6) is 1.99. The molecule has 4 aromatic rings. The van der Waals surface area contributed by atoms with E-state index in [1.165, 1.54) is 6.33 Å². The lowest BCUT2D eigenvalue weighted by Crippen LogP contribution is -2.49. The molecular weight excluding hydrogens is 382 g/mol. The van der Waals surface area contributed by atoms with E-state index in [0.717, 1.165) is 11.4 Å². The third-order valence-corrected chi connectivity index (χ3v) is 5.06. The van der Waals surface area contributed by atoms with Crippen molar-refractivity contribution in [3.63, 3.8) is 0 Å². The van der Waals surface area contributed by atoms with Crippen LogP contribution in [-0.4, -0.2) is 61.9 Å². The predicted molar refractivity (Wildman–Crippen MR) is 109 cm³/mol. The van der Waals surface area contributed by atoms with Crippen LogP contribution < -0.4 is 4.90 Å². The van der Waals surface area contributed by atoms with Gasteiger partial charge in [-0.25, -0.2) is 14.6 Å². The molecule has 0 N–H and O–H groups in total. The Morgan fingerprint density at radius 3 is 2.50 bits per heavy atom. The normalized spacial score (nSPS) is 14.1. The maximum absolute atomic E-state index is 12.8. The molecule has 9 nitrogen and oxygen atoms in total. The van der Waals surface area contributed by atoms with Gasteiger partial charge < -0.3 is 14.3 Å². The zero-order valence-corrected chi connectivity index (χ0v) is 16.1. The number of carbonyl (C=O) groups is 1. The molecule has 0 aliphatic carbocycles. The third-order valence-electron chi connectivity index (χ3n) is 5.06. The lowest BCUT2D eigenvalue weighted by Gasteiger charge is -2.35. The quantitative estimate of drug-likeness (QED) is 0.518. The average molecular weight is 401 g/mol. The SMILES string of the molecule is O=C(c1cc(-c2ccccc2)on1)N1CCN(c2cc(-n3cccn3)ncn2)CC1. The molecule has 150 valence electrons. The van der Waals surface area contributed by atoms with Gasteiger partial charge >= 0.3 is 0 Å². The van der Waals surface area contributed by atoms with E-state index in [4.69, 9.17) is 4.52 Å². The molecule has 9 heteroatoms. The highest BCUT2D eigenvalue weighted by atomic mass is 16.5. The number of piperazine rings is 1. The van der Waals surface area contributed by atoms with E-state index < -0.39 is 0 Å². The van der Waals surface area contributed by atoms with Crippen molar-refractivity contribution in [2.75, 3.05) is 31.1 Å². The van der Waals surface area contributed by atoms with Crippen LogP contribution in [0.3, 0.4) is 0 Å². The van der Waals surface area contributed by atoms with Gasteiger partial charge in [0.1, 0.15) is 12.1 Å². The number of nitrogens with zero attached hydrogens (tertiary/aromatic N) is 7. The number of hydrogen-bond donors (Lipinski definition) is 0. The Hall–Kier alpha value is -4.01. The van der Waals surface area contributed by atoms with E-state index >= 15 is 0 Å². The zero-order valence-electron chi connectivity index (χ0n) is 16.1. The highest BCUT2D eigenvalue weighted by Gasteiger charge is 2.25. The number of amides is 1. The van der Waals surface area contributed by atoms with Crippen molar-refractivity contribution in [3.05, 3.63) is 72.9 Å². The molecule has 1 aromatic carbocycles. The second-order valence-electron chi connectivity index (χ2n) is 6.91. The van der Waals surface area contributed by atoms with Crippen molar-refractivity contribution >= 4 is 11.7 Å². The van der Waals surface area contributed by atoms with Gasteiger partial charge in [0.2, 0.25) is 0 Å². The van der Waals surface area contributed by atoms with Crippen molar-refractivity contribution in [1.29, 1.82) is 0 Å². The highest BCUT2D eigenvalue weighted by molar-refractivity contribution is 5.93. The lowest BCUT2D eigenvalue weighted by molar-refractivity contribution is 0.0736. The van der Waals surface area contributed by atoms with Gasteiger partial charge in [-0.15, -0.1) is 0 Å². The number of anilines is 1. The van der Waals surface area contributed by atoms with Crippen LogP contribution >= 0.6 is 0 Å². The Balaban J connectivity index is 1.25. The molecule has 1 aliphatic heterocycles. The van der Waals surface area contributed by atoms with Gasteiger partial charge in [0, 0.05) is 56.3 Å². The van der Waals surface area contributed by atoms with Crippen molar-refractivity contribution in [1.82, 2.24) is 29.8 Å². The van der Waals surface area contributed by atoms with Crippen LogP contribution in [0.5, 0.6) is 0 Å². The summed E-state index contributed by atoms with van der Waals surface area (Å²) in [6.07, 6.45) is 5.08. The maximum atomic E-state index is 12.8. The van der Waals surface area contributed by atoms with Crippen molar-refractivity contribution in [3.8, 4) is 17.1 Å². The van der Waals surface area contributed by atoms with E-state index in [1.807, 2.05) is 48.7 Å².